The SMILES string of the molecule is C=C(C)C(=O)OCCCCCNc1cccc2c1C(=O)c1ccccc1C2=O. The van der Waals surface area contributed by atoms with Crippen LogP contribution in [0.25, 0.3) is 0 Å². The number of carbonyl (C=O) groups is 3. The topological polar surface area (TPSA) is 72.5 Å². The fraction of sp³-hybridized carbons (Fsp3) is 0.261. The summed E-state index contributed by atoms with van der Waals surface area (Å²) in [6.07, 6.45) is 2.49. The van der Waals surface area contributed by atoms with E-state index in [0.717, 1.165) is 19.3 Å². The van der Waals surface area contributed by atoms with Crippen LogP contribution in [0.5, 0.6) is 0 Å². The van der Waals surface area contributed by atoms with Crippen LogP contribution in [0, 0.1) is 0 Å². The number of hydrogen-bond donors (Lipinski definition) is 1. The molecule has 0 unspecified atom stereocenters. The van der Waals surface area contributed by atoms with Crippen LogP contribution in [0.3, 0.4) is 0 Å². The minimum absolute atomic E-state index is 0.117. The summed E-state index contributed by atoms with van der Waals surface area (Å²) in [5.41, 5.74) is 2.88. The van der Waals surface area contributed by atoms with E-state index in [4.69, 9.17) is 4.74 Å². The first kappa shape index (κ1) is 19.5. The lowest BCUT2D eigenvalue weighted by Gasteiger charge is -2.20. The minimum atomic E-state index is -0.363. The van der Waals surface area contributed by atoms with Gasteiger partial charge in [0, 0.05) is 34.5 Å². The van der Waals surface area contributed by atoms with Gasteiger partial charge < -0.3 is 10.1 Å². The standard InChI is InChI=1S/C23H23NO4/c1-15(2)23(27)28-14-7-3-6-13-24-19-12-8-11-18-20(19)22(26)17-10-5-4-9-16(17)21(18)25/h4-5,8-12,24H,1,3,6-7,13-14H2,2H3. The average molecular weight is 377 g/mol. The van der Waals surface area contributed by atoms with Crippen molar-refractivity contribution in [2.45, 2.75) is 26.2 Å². The Hall–Kier alpha value is -3.21. The first-order valence-corrected chi connectivity index (χ1v) is 9.38. The molecule has 2 aromatic carbocycles. The Balaban J connectivity index is 1.58. The van der Waals surface area contributed by atoms with Crippen LogP contribution in [0.15, 0.2) is 54.6 Å². The van der Waals surface area contributed by atoms with Crippen LogP contribution < -0.4 is 5.32 Å². The second kappa shape index (κ2) is 8.65. The third-order valence-electron chi connectivity index (χ3n) is 4.67. The fourth-order valence-electron chi connectivity index (χ4n) is 3.21. The Morgan fingerprint density at radius 1 is 0.929 bits per heavy atom. The van der Waals surface area contributed by atoms with Gasteiger partial charge in [-0.05, 0) is 32.3 Å². The smallest absolute Gasteiger partial charge is 0.333 e. The molecule has 5 nitrogen and oxygen atoms in total. The number of benzene rings is 2. The maximum Gasteiger partial charge on any atom is 0.333 e. The van der Waals surface area contributed by atoms with Gasteiger partial charge in [0.15, 0.2) is 11.6 Å². The molecular formula is C23H23NO4. The molecule has 0 saturated carbocycles. The molecule has 0 spiro atoms. The number of hydrogen-bond acceptors (Lipinski definition) is 5. The molecule has 0 bridgehead atoms. The van der Waals surface area contributed by atoms with E-state index < -0.39 is 0 Å². The van der Waals surface area contributed by atoms with Gasteiger partial charge in [-0.15, -0.1) is 0 Å². The van der Waals surface area contributed by atoms with Crippen molar-refractivity contribution in [2.75, 3.05) is 18.5 Å². The van der Waals surface area contributed by atoms with Crippen molar-refractivity contribution in [3.63, 3.8) is 0 Å². The summed E-state index contributed by atoms with van der Waals surface area (Å²) in [4.78, 5) is 37.0. The van der Waals surface area contributed by atoms with Crippen molar-refractivity contribution in [3.05, 3.63) is 76.9 Å². The van der Waals surface area contributed by atoms with Gasteiger partial charge in [0.05, 0.1) is 12.2 Å². The van der Waals surface area contributed by atoms with Gasteiger partial charge in [0.2, 0.25) is 0 Å². The summed E-state index contributed by atoms with van der Waals surface area (Å²) in [5, 5.41) is 3.28. The third kappa shape index (κ3) is 4.03. The summed E-state index contributed by atoms with van der Waals surface area (Å²) < 4.78 is 5.06. The summed E-state index contributed by atoms with van der Waals surface area (Å²) in [6, 6.07) is 12.2. The third-order valence-corrected chi connectivity index (χ3v) is 4.67. The monoisotopic (exact) mass is 377 g/mol. The molecule has 0 atom stereocenters. The van der Waals surface area contributed by atoms with Crippen molar-refractivity contribution in [3.8, 4) is 0 Å². The molecule has 144 valence electrons. The van der Waals surface area contributed by atoms with Crippen molar-refractivity contribution in [1.82, 2.24) is 0 Å². The van der Waals surface area contributed by atoms with Crippen molar-refractivity contribution in [2.24, 2.45) is 0 Å². The molecule has 3 rings (SSSR count). The van der Waals surface area contributed by atoms with E-state index in [-0.39, 0.29) is 17.5 Å². The van der Waals surface area contributed by atoms with Crippen molar-refractivity contribution in [1.29, 1.82) is 0 Å². The maximum atomic E-state index is 12.9. The molecule has 0 saturated heterocycles. The van der Waals surface area contributed by atoms with Crippen LogP contribution >= 0.6 is 0 Å². The normalized spacial score (nSPS) is 12.2. The zero-order valence-electron chi connectivity index (χ0n) is 15.9. The molecule has 2 aromatic rings. The van der Waals surface area contributed by atoms with Crippen molar-refractivity contribution < 1.29 is 19.1 Å². The van der Waals surface area contributed by atoms with Gasteiger partial charge in [0.1, 0.15) is 0 Å². The zero-order valence-corrected chi connectivity index (χ0v) is 15.9. The highest BCUT2D eigenvalue weighted by Crippen LogP contribution is 2.31. The maximum absolute atomic E-state index is 12.9. The molecule has 0 aliphatic heterocycles. The number of fused-ring (bicyclic) bond motifs is 2. The number of unbranched alkanes of at least 4 members (excludes halogenated alkanes) is 2. The highest BCUT2D eigenvalue weighted by molar-refractivity contribution is 6.30. The van der Waals surface area contributed by atoms with E-state index in [9.17, 15) is 14.4 Å². The second-order valence-corrected chi connectivity index (χ2v) is 6.84. The van der Waals surface area contributed by atoms with Crippen LogP contribution in [0.1, 0.15) is 58.0 Å². The molecular weight excluding hydrogens is 354 g/mol. The Kier molecular flexibility index (Phi) is 6.04. The Morgan fingerprint density at radius 2 is 1.61 bits per heavy atom. The molecule has 1 N–H and O–H groups in total. The Bertz CT molecular complexity index is 945. The molecule has 0 fully saturated rings. The summed E-state index contributed by atoms with van der Waals surface area (Å²) in [7, 11) is 0. The summed E-state index contributed by atoms with van der Waals surface area (Å²) >= 11 is 0. The molecule has 0 heterocycles. The minimum Gasteiger partial charge on any atom is -0.462 e. The molecule has 0 radical (unpaired) electrons. The number of esters is 1. The van der Waals surface area contributed by atoms with Gasteiger partial charge in [-0.3, -0.25) is 9.59 Å². The zero-order chi connectivity index (χ0) is 20.1. The predicted octanol–water partition coefficient (Wildman–Crippen LogP) is 4.16. The second-order valence-electron chi connectivity index (χ2n) is 6.84. The molecule has 5 heteroatoms. The van der Waals surface area contributed by atoms with E-state index in [1.807, 2.05) is 6.07 Å². The number of carbonyl (C=O) groups excluding carboxylic acids is 3. The van der Waals surface area contributed by atoms with Crippen LogP contribution in [-0.4, -0.2) is 30.7 Å². The van der Waals surface area contributed by atoms with E-state index >= 15 is 0 Å². The van der Waals surface area contributed by atoms with E-state index in [1.165, 1.54) is 0 Å². The number of ketones is 2. The quantitative estimate of drug-likeness (QED) is 0.362. The highest BCUT2D eigenvalue weighted by Gasteiger charge is 2.31. The average Bonchev–Trinajstić information content (AvgIpc) is 2.70. The number of rotatable bonds is 8. The number of nitrogens with one attached hydrogen (secondary N) is 1. The van der Waals surface area contributed by atoms with E-state index in [0.29, 0.717) is 46.7 Å². The lowest BCUT2D eigenvalue weighted by Crippen LogP contribution is -2.22. The number of anilines is 1. The first-order valence-electron chi connectivity index (χ1n) is 9.38. The van der Waals surface area contributed by atoms with Crippen LogP contribution in [-0.2, 0) is 9.53 Å². The predicted molar refractivity (Wildman–Crippen MR) is 108 cm³/mol. The molecule has 1 aliphatic rings. The Morgan fingerprint density at radius 3 is 2.32 bits per heavy atom. The van der Waals surface area contributed by atoms with E-state index in [2.05, 4.69) is 11.9 Å². The van der Waals surface area contributed by atoms with Gasteiger partial charge in [-0.25, -0.2) is 4.79 Å². The lowest BCUT2D eigenvalue weighted by atomic mass is 9.83. The van der Waals surface area contributed by atoms with Gasteiger partial charge in [-0.1, -0.05) is 43.0 Å². The van der Waals surface area contributed by atoms with Crippen molar-refractivity contribution >= 4 is 23.2 Å². The molecule has 1 aliphatic carbocycles. The highest BCUT2D eigenvalue weighted by atomic mass is 16.5. The Labute approximate surface area is 164 Å². The molecule has 28 heavy (non-hydrogen) atoms. The fourth-order valence-corrected chi connectivity index (χ4v) is 3.21. The summed E-state index contributed by atoms with van der Waals surface area (Å²) in [5.74, 6) is -0.606. The molecule has 0 amide bonds. The summed E-state index contributed by atoms with van der Waals surface area (Å²) in [6.45, 7) is 6.20. The molecule has 0 aromatic heterocycles. The van der Waals surface area contributed by atoms with Crippen LogP contribution in [0.4, 0.5) is 5.69 Å². The van der Waals surface area contributed by atoms with Crippen LogP contribution in [0.2, 0.25) is 0 Å². The number of ether oxygens (including phenoxy) is 1. The first-order chi connectivity index (χ1) is 13.5. The van der Waals surface area contributed by atoms with E-state index in [1.54, 1.807) is 43.3 Å². The van der Waals surface area contributed by atoms with Gasteiger partial charge in [-0.2, -0.15) is 0 Å². The van der Waals surface area contributed by atoms with Gasteiger partial charge in [0.25, 0.3) is 0 Å². The largest absolute Gasteiger partial charge is 0.462 e. The lowest BCUT2D eigenvalue weighted by molar-refractivity contribution is -0.139. The van der Waals surface area contributed by atoms with Gasteiger partial charge >= 0.3 is 5.97 Å².